The zero-order chi connectivity index (χ0) is 14.6. The van der Waals surface area contributed by atoms with Crippen LogP contribution < -0.4 is 0 Å². The third-order valence-corrected chi connectivity index (χ3v) is 3.79. The number of hydrogen-bond donors (Lipinski definition) is 2. The van der Waals surface area contributed by atoms with Crippen molar-refractivity contribution in [3.63, 3.8) is 0 Å². The van der Waals surface area contributed by atoms with Gasteiger partial charge in [0, 0.05) is 43.6 Å². The Balaban J connectivity index is 0. The second-order valence-electron chi connectivity index (χ2n) is 4.78. The van der Waals surface area contributed by atoms with Crippen LogP contribution in [0.1, 0.15) is 52.8 Å². The van der Waals surface area contributed by atoms with Crippen molar-refractivity contribution < 1.29 is 37.8 Å². The summed E-state index contributed by atoms with van der Waals surface area (Å²) in [5.74, 6) is 0.295. The molecule has 3 heteroatoms. The minimum Gasteiger partial charge on any atom is -0.384 e. The van der Waals surface area contributed by atoms with E-state index in [0.29, 0.717) is 5.92 Å². The molecule has 1 aliphatic carbocycles. The first-order valence-electron chi connectivity index (χ1n) is 7.43. The van der Waals surface area contributed by atoms with Gasteiger partial charge in [-0.05, 0) is 30.9 Å². The van der Waals surface area contributed by atoms with Gasteiger partial charge >= 0.3 is 0 Å². The van der Waals surface area contributed by atoms with Crippen LogP contribution in [0.4, 0.5) is 0 Å². The number of benzene rings is 1. The fourth-order valence-corrected chi connectivity index (χ4v) is 2.60. The van der Waals surface area contributed by atoms with E-state index in [-0.39, 0.29) is 40.1 Å². The Hall–Kier alpha value is -0.176. The zero-order valence-electron chi connectivity index (χ0n) is 14.6. The van der Waals surface area contributed by atoms with Gasteiger partial charge in [0.05, 0.1) is 5.69 Å². The average molecular weight is 365 g/mol. The minimum absolute atomic E-state index is 0. The molecule has 1 heterocycles. The van der Waals surface area contributed by atoms with Gasteiger partial charge in [-0.3, -0.25) is 0 Å². The summed E-state index contributed by atoms with van der Waals surface area (Å²) in [6, 6.07) is 8.26. The fourth-order valence-electron chi connectivity index (χ4n) is 2.60. The summed E-state index contributed by atoms with van der Waals surface area (Å²) in [7, 11) is 0. The maximum atomic E-state index is 10.4. The van der Waals surface area contributed by atoms with Crippen molar-refractivity contribution in [3.05, 3.63) is 42.9 Å². The van der Waals surface area contributed by atoms with Crippen LogP contribution in [-0.4, -0.2) is 10.1 Å². The number of aliphatic hydroxyl groups is 1. The molecule has 1 aliphatic rings. The van der Waals surface area contributed by atoms with Crippen LogP contribution in [-0.2, 0) is 44.7 Å². The largest absolute Gasteiger partial charge is 0.384 e. The maximum absolute atomic E-state index is 10.4. The van der Waals surface area contributed by atoms with Crippen LogP contribution in [0.5, 0.6) is 0 Å². The van der Waals surface area contributed by atoms with Gasteiger partial charge in [-0.1, -0.05) is 52.8 Å². The van der Waals surface area contributed by atoms with E-state index in [9.17, 15) is 5.11 Å². The molecule has 0 fully saturated rings. The Morgan fingerprint density at radius 3 is 2.24 bits per heavy atom. The molecule has 0 amide bonds. The zero-order valence-corrected chi connectivity index (χ0v) is 17.5. The predicted molar refractivity (Wildman–Crippen MR) is 89.8 cm³/mol. The van der Waals surface area contributed by atoms with Crippen LogP contribution in [0, 0.1) is 13.3 Å². The molecule has 0 saturated carbocycles. The first-order valence-corrected chi connectivity index (χ1v) is 7.43. The third kappa shape index (κ3) is 4.18. The molecule has 2 aromatic rings. The average Bonchev–Trinajstić information content (AvgIpc) is 2.92. The molecular formula is C18H30NOY-. The standard InChI is InChI=1S/C13H15NO.2C2H6.CH3.Y/c1-8-7-10-9-5-3-4-6-11(9)14-12(10)13(8,2)15;2*1-2;;/h3-6,8,14-15H,7H2,1-2H3;2*1-2H3;1H3;/q;;;-1;. The SMILES string of the molecule is CC.CC.CC1Cc2c([nH]c3ccccc23)C1(C)O.[CH3-].[Y]. The molecule has 0 saturated heterocycles. The van der Waals surface area contributed by atoms with Crippen molar-refractivity contribution in [2.24, 2.45) is 5.92 Å². The Morgan fingerprint density at radius 1 is 1.14 bits per heavy atom. The number of para-hydroxylation sites is 1. The fraction of sp³-hybridized carbons (Fsp3) is 0.500. The molecule has 0 spiro atoms. The van der Waals surface area contributed by atoms with Gasteiger partial charge in [-0.25, -0.2) is 0 Å². The number of nitrogens with one attached hydrogen (secondary N) is 1. The van der Waals surface area contributed by atoms with E-state index >= 15 is 0 Å². The van der Waals surface area contributed by atoms with Gasteiger partial charge in [0.1, 0.15) is 5.60 Å². The van der Waals surface area contributed by atoms with Crippen molar-refractivity contribution in [2.45, 2.75) is 53.6 Å². The van der Waals surface area contributed by atoms with E-state index in [1.165, 1.54) is 10.9 Å². The number of fused-ring (bicyclic) bond motifs is 3. The van der Waals surface area contributed by atoms with E-state index in [2.05, 4.69) is 24.0 Å². The molecule has 1 aromatic carbocycles. The quantitative estimate of drug-likeness (QED) is 0.629. The van der Waals surface area contributed by atoms with Crippen LogP contribution in [0.25, 0.3) is 10.9 Å². The van der Waals surface area contributed by atoms with E-state index in [0.717, 1.165) is 17.6 Å². The number of aromatic amines is 1. The monoisotopic (exact) mass is 365 g/mol. The van der Waals surface area contributed by atoms with Crippen LogP contribution >= 0.6 is 0 Å². The maximum Gasteiger partial charge on any atom is 0.105 e. The van der Waals surface area contributed by atoms with Crippen LogP contribution in [0.2, 0.25) is 0 Å². The number of aromatic nitrogens is 1. The summed E-state index contributed by atoms with van der Waals surface area (Å²) >= 11 is 0. The summed E-state index contributed by atoms with van der Waals surface area (Å²) in [5, 5.41) is 11.6. The summed E-state index contributed by atoms with van der Waals surface area (Å²) in [6.07, 6.45) is 0.965. The molecule has 2 nitrogen and oxygen atoms in total. The van der Waals surface area contributed by atoms with Gasteiger partial charge in [0.15, 0.2) is 0 Å². The first-order chi connectivity index (χ1) is 9.10. The van der Waals surface area contributed by atoms with Gasteiger partial charge in [0.2, 0.25) is 0 Å². The molecular weight excluding hydrogens is 335 g/mol. The van der Waals surface area contributed by atoms with E-state index in [4.69, 9.17) is 0 Å². The second kappa shape index (κ2) is 9.76. The number of H-pyrrole nitrogens is 1. The van der Waals surface area contributed by atoms with Crippen molar-refractivity contribution in [2.75, 3.05) is 0 Å². The second-order valence-corrected chi connectivity index (χ2v) is 4.78. The molecule has 21 heavy (non-hydrogen) atoms. The first kappa shape index (κ1) is 23.1. The van der Waals surface area contributed by atoms with Crippen LogP contribution in [0.3, 0.4) is 0 Å². The molecule has 3 rings (SSSR count). The van der Waals surface area contributed by atoms with Gasteiger partial charge in [-0.2, -0.15) is 0 Å². The predicted octanol–water partition coefficient (Wildman–Crippen LogP) is 5.07. The Bertz CT molecular complexity index is 531. The third-order valence-electron chi connectivity index (χ3n) is 3.79. The Kier molecular flexibility index (Phi) is 10.7. The molecule has 2 N–H and O–H groups in total. The van der Waals surface area contributed by atoms with Crippen molar-refractivity contribution in [1.29, 1.82) is 0 Å². The van der Waals surface area contributed by atoms with E-state index in [1.807, 2.05) is 46.8 Å². The summed E-state index contributed by atoms with van der Waals surface area (Å²) in [4.78, 5) is 3.35. The summed E-state index contributed by atoms with van der Waals surface area (Å²) in [6.45, 7) is 12.0. The van der Waals surface area contributed by atoms with Crippen molar-refractivity contribution >= 4 is 10.9 Å². The van der Waals surface area contributed by atoms with Crippen molar-refractivity contribution in [1.82, 2.24) is 4.98 Å². The molecule has 2 unspecified atom stereocenters. The van der Waals surface area contributed by atoms with Gasteiger partial charge in [-0.15, -0.1) is 0 Å². The number of rotatable bonds is 0. The summed E-state index contributed by atoms with van der Waals surface area (Å²) < 4.78 is 0. The molecule has 1 radical (unpaired) electrons. The smallest absolute Gasteiger partial charge is 0.105 e. The molecule has 0 aliphatic heterocycles. The van der Waals surface area contributed by atoms with Gasteiger partial charge in [0.25, 0.3) is 0 Å². The summed E-state index contributed by atoms with van der Waals surface area (Å²) in [5.41, 5.74) is 2.74. The number of hydrogen-bond acceptors (Lipinski definition) is 1. The Morgan fingerprint density at radius 2 is 1.67 bits per heavy atom. The molecule has 117 valence electrons. The topological polar surface area (TPSA) is 36.0 Å². The van der Waals surface area contributed by atoms with E-state index < -0.39 is 5.60 Å². The molecule has 0 bridgehead atoms. The molecule has 2 atom stereocenters. The van der Waals surface area contributed by atoms with Crippen LogP contribution in [0.15, 0.2) is 24.3 Å². The normalized spacial score (nSPS) is 21.8. The Labute approximate surface area is 155 Å². The van der Waals surface area contributed by atoms with Crippen molar-refractivity contribution in [3.8, 4) is 0 Å². The molecule has 1 aromatic heterocycles. The van der Waals surface area contributed by atoms with Gasteiger partial charge < -0.3 is 17.5 Å². The minimum atomic E-state index is -0.700. The van der Waals surface area contributed by atoms with E-state index in [1.54, 1.807) is 0 Å².